The summed E-state index contributed by atoms with van der Waals surface area (Å²) in [6.45, 7) is 0.722. The zero-order chi connectivity index (χ0) is 10.5. The summed E-state index contributed by atoms with van der Waals surface area (Å²) in [5.41, 5.74) is -0.157. The largest absolute Gasteiger partial charge is 0.393 e. The van der Waals surface area contributed by atoms with Crippen molar-refractivity contribution in [2.45, 2.75) is 56.2 Å². The van der Waals surface area contributed by atoms with Crippen molar-refractivity contribution in [2.24, 2.45) is 0 Å². The second kappa shape index (κ2) is 3.19. The van der Waals surface area contributed by atoms with Crippen LogP contribution in [-0.2, 0) is 4.79 Å². The summed E-state index contributed by atoms with van der Waals surface area (Å²) in [6.07, 6.45) is 5.51. The quantitative estimate of drug-likeness (QED) is 0.650. The second-order valence-electron chi connectivity index (χ2n) is 5.15. The smallest absolute Gasteiger partial charge is 0.244 e. The summed E-state index contributed by atoms with van der Waals surface area (Å²) in [4.78, 5) is 14.1. The maximum absolute atomic E-state index is 12.1. The molecule has 2 saturated carbocycles. The van der Waals surface area contributed by atoms with Gasteiger partial charge in [-0.2, -0.15) is 0 Å². The third-order valence-corrected chi connectivity index (χ3v) is 4.12. The molecule has 84 valence electrons. The Labute approximate surface area is 89.6 Å². The second-order valence-corrected chi connectivity index (χ2v) is 5.15. The van der Waals surface area contributed by atoms with Crippen LogP contribution in [-0.4, -0.2) is 40.3 Å². The lowest BCUT2D eigenvalue weighted by atomic mass is 9.92. The van der Waals surface area contributed by atoms with Gasteiger partial charge in [0, 0.05) is 6.04 Å². The summed E-state index contributed by atoms with van der Waals surface area (Å²) in [7, 11) is 0. The first-order valence-electron chi connectivity index (χ1n) is 5.95. The van der Waals surface area contributed by atoms with Crippen molar-refractivity contribution in [3.63, 3.8) is 0 Å². The molecule has 1 aliphatic heterocycles. The fourth-order valence-electron chi connectivity index (χ4n) is 2.84. The van der Waals surface area contributed by atoms with E-state index in [9.17, 15) is 9.90 Å². The van der Waals surface area contributed by atoms with Crippen LogP contribution in [0.1, 0.15) is 38.5 Å². The predicted octanol–water partition coefficient (Wildman–Crippen LogP) is 0.212. The van der Waals surface area contributed by atoms with Crippen LogP contribution in [0.5, 0.6) is 0 Å². The molecule has 4 heteroatoms. The minimum atomic E-state index is -0.157. The first kappa shape index (κ1) is 9.60. The molecule has 15 heavy (non-hydrogen) atoms. The van der Waals surface area contributed by atoms with Gasteiger partial charge in [-0.1, -0.05) is 0 Å². The van der Waals surface area contributed by atoms with Crippen molar-refractivity contribution in [1.29, 1.82) is 0 Å². The molecule has 2 aliphatic carbocycles. The normalized spacial score (nSPS) is 38.7. The standard InChI is InChI=1S/C11H18N2O2/c14-9-3-1-8(2-4-9)13-7-12-11(5-6-11)10(13)15/h8-9,12,14H,1-7H2. The van der Waals surface area contributed by atoms with Crippen LogP contribution >= 0.6 is 0 Å². The Bertz CT molecular complexity index is 280. The van der Waals surface area contributed by atoms with Gasteiger partial charge in [0.25, 0.3) is 0 Å². The van der Waals surface area contributed by atoms with Gasteiger partial charge in [-0.25, -0.2) is 0 Å². The summed E-state index contributed by atoms with van der Waals surface area (Å²) in [5, 5.41) is 12.8. The maximum Gasteiger partial charge on any atom is 0.244 e. The van der Waals surface area contributed by atoms with Crippen LogP contribution in [0.2, 0.25) is 0 Å². The molecule has 2 N–H and O–H groups in total. The highest BCUT2D eigenvalue weighted by Crippen LogP contribution is 2.41. The molecular weight excluding hydrogens is 192 g/mol. The van der Waals surface area contributed by atoms with E-state index in [-0.39, 0.29) is 11.6 Å². The summed E-state index contributed by atoms with van der Waals surface area (Å²) in [5.74, 6) is 0.309. The summed E-state index contributed by atoms with van der Waals surface area (Å²) >= 11 is 0. The van der Waals surface area contributed by atoms with Gasteiger partial charge in [0.05, 0.1) is 18.3 Å². The average molecular weight is 210 g/mol. The van der Waals surface area contributed by atoms with E-state index < -0.39 is 0 Å². The first-order chi connectivity index (χ1) is 7.21. The number of aliphatic hydroxyl groups is 1. The van der Waals surface area contributed by atoms with E-state index in [1.165, 1.54) is 0 Å². The predicted molar refractivity (Wildman–Crippen MR) is 55.1 cm³/mol. The van der Waals surface area contributed by atoms with Gasteiger partial charge in [-0.3, -0.25) is 10.1 Å². The number of amides is 1. The lowest BCUT2D eigenvalue weighted by Crippen LogP contribution is -2.42. The van der Waals surface area contributed by atoms with E-state index in [2.05, 4.69) is 5.32 Å². The van der Waals surface area contributed by atoms with Gasteiger partial charge in [-0.15, -0.1) is 0 Å². The number of carbonyl (C=O) groups excluding carboxylic acids is 1. The van der Waals surface area contributed by atoms with Gasteiger partial charge in [0.15, 0.2) is 0 Å². The van der Waals surface area contributed by atoms with Crippen LogP contribution in [0.3, 0.4) is 0 Å². The third-order valence-electron chi connectivity index (χ3n) is 4.12. The Hall–Kier alpha value is -0.610. The van der Waals surface area contributed by atoms with Crippen LogP contribution in [0.4, 0.5) is 0 Å². The lowest BCUT2D eigenvalue weighted by Gasteiger charge is -2.32. The summed E-state index contributed by atoms with van der Waals surface area (Å²) in [6, 6.07) is 0.369. The van der Waals surface area contributed by atoms with Crippen LogP contribution in [0.15, 0.2) is 0 Å². The van der Waals surface area contributed by atoms with Crippen molar-refractivity contribution < 1.29 is 9.90 Å². The molecule has 1 saturated heterocycles. The molecule has 0 aromatic heterocycles. The minimum absolute atomic E-state index is 0.137. The van der Waals surface area contributed by atoms with Crippen LogP contribution in [0, 0.1) is 0 Å². The number of hydrogen-bond donors (Lipinski definition) is 2. The Balaban J connectivity index is 1.66. The number of aliphatic hydroxyl groups excluding tert-OH is 1. The highest BCUT2D eigenvalue weighted by molar-refractivity contribution is 5.91. The molecule has 3 aliphatic rings. The van der Waals surface area contributed by atoms with Crippen molar-refractivity contribution in [1.82, 2.24) is 10.2 Å². The Morgan fingerprint density at radius 1 is 1.27 bits per heavy atom. The Morgan fingerprint density at radius 3 is 2.47 bits per heavy atom. The number of rotatable bonds is 1. The molecule has 3 rings (SSSR count). The molecule has 0 radical (unpaired) electrons. The van der Waals surface area contributed by atoms with Crippen LogP contribution in [0.25, 0.3) is 0 Å². The first-order valence-corrected chi connectivity index (χ1v) is 5.95. The van der Waals surface area contributed by atoms with Crippen LogP contribution < -0.4 is 5.32 Å². The van der Waals surface area contributed by atoms with Crippen molar-refractivity contribution in [2.75, 3.05) is 6.67 Å². The van der Waals surface area contributed by atoms with Gasteiger partial charge in [0.1, 0.15) is 0 Å². The van der Waals surface area contributed by atoms with Crippen molar-refractivity contribution in [3.8, 4) is 0 Å². The highest BCUT2D eigenvalue weighted by Gasteiger charge is 2.56. The molecule has 0 aromatic carbocycles. The molecule has 1 amide bonds. The van der Waals surface area contributed by atoms with Gasteiger partial charge in [0.2, 0.25) is 5.91 Å². The van der Waals surface area contributed by atoms with E-state index >= 15 is 0 Å². The average Bonchev–Trinajstić information content (AvgIpc) is 2.94. The topological polar surface area (TPSA) is 52.6 Å². The fourth-order valence-corrected chi connectivity index (χ4v) is 2.84. The van der Waals surface area contributed by atoms with E-state index in [0.29, 0.717) is 11.9 Å². The number of carbonyl (C=O) groups is 1. The zero-order valence-corrected chi connectivity index (χ0v) is 8.91. The molecule has 0 bridgehead atoms. The highest BCUT2D eigenvalue weighted by atomic mass is 16.3. The Morgan fingerprint density at radius 2 is 1.93 bits per heavy atom. The zero-order valence-electron chi connectivity index (χ0n) is 8.91. The van der Waals surface area contributed by atoms with E-state index in [1.54, 1.807) is 0 Å². The molecular formula is C11H18N2O2. The third kappa shape index (κ3) is 1.47. The fraction of sp³-hybridized carbons (Fsp3) is 0.909. The van der Waals surface area contributed by atoms with Gasteiger partial charge in [-0.05, 0) is 38.5 Å². The molecule has 1 spiro atoms. The van der Waals surface area contributed by atoms with Crippen molar-refractivity contribution in [3.05, 3.63) is 0 Å². The maximum atomic E-state index is 12.1. The number of hydrogen-bond acceptors (Lipinski definition) is 3. The SMILES string of the molecule is O=C1N(C2CCC(O)CC2)CNC12CC2. The van der Waals surface area contributed by atoms with Gasteiger partial charge < -0.3 is 10.0 Å². The number of nitrogens with zero attached hydrogens (tertiary/aromatic N) is 1. The van der Waals surface area contributed by atoms with E-state index in [4.69, 9.17) is 0 Å². The van der Waals surface area contributed by atoms with Gasteiger partial charge >= 0.3 is 0 Å². The summed E-state index contributed by atoms with van der Waals surface area (Å²) < 4.78 is 0. The van der Waals surface area contributed by atoms with E-state index in [0.717, 1.165) is 45.2 Å². The lowest BCUT2D eigenvalue weighted by molar-refractivity contribution is -0.132. The molecule has 0 unspecified atom stereocenters. The molecule has 3 fully saturated rings. The molecule has 4 nitrogen and oxygen atoms in total. The van der Waals surface area contributed by atoms with E-state index in [1.807, 2.05) is 4.90 Å². The molecule has 0 aromatic rings. The molecule has 0 atom stereocenters. The molecule has 1 heterocycles. The van der Waals surface area contributed by atoms with Crippen molar-refractivity contribution >= 4 is 5.91 Å². The minimum Gasteiger partial charge on any atom is -0.393 e. The number of nitrogens with one attached hydrogen (secondary N) is 1. The Kier molecular flexibility index (Phi) is 2.04. The monoisotopic (exact) mass is 210 g/mol.